The fourth-order valence-electron chi connectivity index (χ4n) is 1.23. The summed E-state index contributed by atoms with van der Waals surface area (Å²) >= 11 is 0. The van der Waals surface area contributed by atoms with E-state index in [9.17, 15) is 4.79 Å². The van der Waals surface area contributed by atoms with E-state index in [0.29, 0.717) is 12.0 Å². The van der Waals surface area contributed by atoms with Crippen molar-refractivity contribution in [2.24, 2.45) is 0 Å². The number of carbonyl (C=O) groups is 1. The van der Waals surface area contributed by atoms with Crippen LogP contribution in [0, 0.1) is 0 Å². The number of hydrogen-bond donors (Lipinski definition) is 0. The van der Waals surface area contributed by atoms with Crippen LogP contribution in [0.15, 0.2) is 12.2 Å². The van der Waals surface area contributed by atoms with E-state index >= 15 is 0 Å². The molecule has 0 aliphatic rings. The average molecular weight is 182 g/mol. The number of unbranched alkanes of at least 4 members (excludes halogenated alkanes) is 5. The molecule has 0 heterocycles. The monoisotopic (exact) mass is 182 g/mol. The van der Waals surface area contributed by atoms with Crippen LogP contribution in [0.1, 0.15) is 51.9 Å². The Kier molecular flexibility index (Phi) is 7.36. The highest BCUT2D eigenvalue weighted by molar-refractivity contribution is 5.90. The van der Waals surface area contributed by atoms with Crippen LogP contribution in [0.2, 0.25) is 0 Å². The standard InChI is InChI=1S/C11H20NO/c1-3-4-5-6-7-8-9-10(2)11(12)13/h12H,2-9H2,1H3. The second-order valence-electron chi connectivity index (χ2n) is 3.45. The van der Waals surface area contributed by atoms with Gasteiger partial charge >= 0.3 is 0 Å². The summed E-state index contributed by atoms with van der Waals surface area (Å²) in [5, 5.41) is 0. The van der Waals surface area contributed by atoms with E-state index in [0.717, 1.165) is 12.8 Å². The van der Waals surface area contributed by atoms with Gasteiger partial charge in [-0.25, -0.2) is 0 Å². The molecular formula is C11H20NO. The summed E-state index contributed by atoms with van der Waals surface area (Å²) in [7, 11) is 0. The molecule has 0 aromatic rings. The molecule has 0 atom stereocenters. The summed E-state index contributed by atoms with van der Waals surface area (Å²) in [4.78, 5) is 10.5. The quantitative estimate of drug-likeness (QED) is 0.420. The molecule has 0 aromatic carbocycles. The van der Waals surface area contributed by atoms with Crippen LogP contribution in [-0.2, 0) is 4.79 Å². The van der Waals surface area contributed by atoms with E-state index in [4.69, 9.17) is 5.73 Å². The lowest BCUT2D eigenvalue weighted by molar-refractivity contribution is -0.115. The summed E-state index contributed by atoms with van der Waals surface area (Å²) < 4.78 is 0. The highest BCUT2D eigenvalue weighted by Crippen LogP contribution is 2.10. The topological polar surface area (TPSA) is 40.9 Å². The van der Waals surface area contributed by atoms with Crippen molar-refractivity contribution in [1.29, 1.82) is 0 Å². The lowest BCUT2D eigenvalue weighted by Gasteiger charge is -2.00. The molecule has 0 bridgehead atoms. The highest BCUT2D eigenvalue weighted by atomic mass is 16.1. The smallest absolute Gasteiger partial charge is 0.265 e. The first-order valence-corrected chi connectivity index (χ1v) is 5.12. The molecule has 1 N–H and O–H groups in total. The van der Waals surface area contributed by atoms with E-state index < -0.39 is 5.91 Å². The van der Waals surface area contributed by atoms with Crippen molar-refractivity contribution in [3.63, 3.8) is 0 Å². The molecule has 0 saturated heterocycles. The van der Waals surface area contributed by atoms with Crippen LogP contribution < -0.4 is 5.73 Å². The van der Waals surface area contributed by atoms with E-state index in [1.165, 1.54) is 25.7 Å². The third-order valence-electron chi connectivity index (χ3n) is 2.15. The number of rotatable bonds is 8. The van der Waals surface area contributed by atoms with Crippen LogP contribution in [-0.4, -0.2) is 5.91 Å². The van der Waals surface area contributed by atoms with E-state index in [1.807, 2.05) is 0 Å². The molecule has 75 valence electrons. The Morgan fingerprint density at radius 1 is 1.15 bits per heavy atom. The third-order valence-corrected chi connectivity index (χ3v) is 2.15. The summed E-state index contributed by atoms with van der Waals surface area (Å²) in [5.74, 6) is -0.603. The van der Waals surface area contributed by atoms with Gasteiger partial charge in [-0.2, -0.15) is 0 Å². The molecule has 0 unspecified atom stereocenters. The van der Waals surface area contributed by atoms with Crippen molar-refractivity contribution in [2.45, 2.75) is 51.9 Å². The molecule has 1 radical (unpaired) electrons. The number of amides is 1. The molecule has 1 amide bonds. The molecular weight excluding hydrogens is 162 g/mol. The van der Waals surface area contributed by atoms with Gasteiger partial charge in [-0.15, -0.1) is 0 Å². The van der Waals surface area contributed by atoms with Crippen LogP contribution in [0.4, 0.5) is 0 Å². The summed E-state index contributed by atoms with van der Waals surface area (Å²) in [6.45, 7) is 5.75. The molecule has 0 rings (SSSR count). The second kappa shape index (κ2) is 7.84. The van der Waals surface area contributed by atoms with Gasteiger partial charge in [0.15, 0.2) is 0 Å². The van der Waals surface area contributed by atoms with Crippen LogP contribution in [0.3, 0.4) is 0 Å². The van der Waals surface area contributed by atoms with Gasteiger partial charge in [0.05, 0.1) is 0 Å². The van der Waals surface area contributed by atoms with E-state index in [1.54, 1.807) is 0 Å². The van der Waals surface area contributed by atoms with Crippen molar-refractivity contribution in [1.82, 2.24) is 5.73 Å². The van der Waals surface area contributed by atoms with Crippen LogP contribution in [0.5, 0.6) is 0 Å². The minimum Gasteiger partial charge on any atom is -0.268 e. The Morgan fingerprint density at radius 3 is 2.23 bits per heavy atom. The van der Waals surface area contributed by atoms with Crippen molar-refractivity contribution in [3.8, 4) is 0 Å². The Morgan fingerprint density at radius 2 is 1.69 bits per heavy atom. The maximum absolute atomic E-state index is 10.5. The highest BCUT2D eigenvalue weighted by Gasteiger charge is 2.00. The van der Waals surface area contributed by atoms with Gasteiger partial charge in [0.2, 0.25) is 0 Å². The maximum atomic E-state index is 10.5. The normalized spacial score (nSPS) is 9.92. The largest absolute Gasteiger partial charge is 0.268 e. The predicted molar refractivity (Wildman–Crippen MR) is 55.2 cm³/mol. The summed E-state index contributed by atoms with van der Waals surface area (Å²) in [5.41, 5.74) is 7.25. The minimum absolute atomic E-state index is 0.454. The Hall–Kier alpha value is -0.790. The predicted octanol–water partition coefficient (Wildman–Crippen LogP) is 3.10. The van der Waals surface area contributed by atoms with Gasteiger partial charge in [0.25, 0.3) is 5.91 Å². The third kappa shape index (κ3) is 7.57. The lowest BCUT2D eigenvalue weighted by atomic mass is 10.1. The molecule has 0 aliphatic heterocycles. The molecule has 13 heavy (non-hydrogen) atoms. The average Bonchev–Trinajstić information content (AvgIpc) is 2.10. The first-order chi connectivity index (χ1) is 6.18. The van der Waals surface area contributed by atoms with Gasteiger partial charge in [-0.1, -0.05) is 45.6 Å². The minimum atomic E-state index is -0.603. The zero-order chi connectivity index (χ0) is 10.1. The second-order valence-corrected chi connectivity index (χ2v) is 3.45. The van der Waals surface area contributed by atoms with Crippen molar-refractivity contribution >= 4 is 5.91 Å². The first-order valence-electron chi connectivity index (χ1n) is 5.12. The molecule has 0 fully saturated rings. The maximum Gasteiger partial charge on any atom is 0.265 e. The number of nitrogens with one attached hydrogen (secondary N) is 1. The zero-order valence-corrected chi connectivity index (χ0v) is 8.57. The van der Waals surface area contributed by atoms with Gasteiger partial charge in [0.1, 0.15) is 0 Å². The van der Waals surface area contributed by atoms with Crippen LogP contribution >= 0.6 is 0 Å². The van der Waals surface area contributed by atoms with Gasteiger partial charge in [-0.05, 0) is 12.8 Å². The lowest BCUT2D eigenvalue weighted by Crippen LogP contribution is -2.00. The summed E-state index contributed by atoms with van der Waals surface area (Å²) in [6.07, 6.45) is 7.97. The fourth-order valence-corrected chi connectivity index (χ4v) is 1.23. The van der Waals surface area contributed by atoms with Crippen molar-refractivity contribution in [2.75, 3.05) is 0 Å². The number of carbonyl (C=O) groups excluding carboxylic acids is 1. The summed E-state index contributed by atoms with van der Waals surface area (Å²) in [6, 6.07) is 0. The first kappa shape index (κ1) is 12.2. The Bertz CT molecular complexity index is 163. The molecule has 2 nitrogen and oxygen atoms in total. The van der Waals surface area contributed by atoms with Gasteiger partial charge in [-0.3, -0.25) is 10.5 Å². The zero-order valence-electron chi connectivity index (χ0n) is 8.57. The Balaban J connectivity index is 3.16. The van der Waals surface area contributed by atoms with Crippen molar-refractivity contribution in [3.05, 3.63) is 12.2 Å². The Labute approximate surface area is 81.2 Å². The molecule has 0 aliphatic carbocycles. The SMILES string of the molecule is C=C(CCCCCCCC)C([NH])=O. The van der Waals surface area contributed by atoms with Gasteiger partial charge in [0, 0.05) is 5.57 Å². The molecule has 0 aromatic heterocycles. The molecule has 2 heteroatoms. The number of hydrogen-bond acceptors (Lipinski definition) is 1. The van der Waals surface area contributed by atoms with E-state index in [-0.39, 0.29) is 0 Å². The molecule has 0 spiro atoms. The van der Waals surface area contributed by atoms with Gasteiger partial charge < -0.3 is 0 Å². The van der Waals surface area contributed by atoms with Crippen molar-refractivity contribution < 1.29 is 4.79 Å². The fraction of sp³-hybridized carbons (Fsp3) is 0.727. The van der Waals surface area contributed by atoms with Crippen LogP contribution in [0.25, 0.3) is 0 Å². The molecule has 0 saturated carbocycles. The van der Waals surface area contributed by atoms with E-state index in [2.05, 4.69) is 13.5 Å².